The third-order valence-corrected chi connectivity index (χ3v) is 4.37. The van der Waals surface area contributed by atoms with Crippen LogP contribution in [-0.2, 0) is 11.0 Å². The molecule has 27 heavy (non-hydrogen) atoms. The molecule has 10 heteroatoms. The van der Waals surface area contributed by atoms with Gasteiger partial charge in [-0.3, -0.25) is 14.9 Å². The molecule has 1 fully saturated rings. The fraction of sp³-hybridized carbons (Fsp3) is 0.0588. The van der Waals surface area contributed by atoms with Crippen LogP contribution in [0.4, 0.5) is 24.5 Å². The SMILES string of the molecule is O=C1NC(=Nc2ccccc2C(F)(F)F)S/C1=C\c1cccc([N+](=O)[O-])c1. The van der Waals surface area contributed by atoms with Crippen molar-refractivity contribution in [2.75, 3.05) is 0 Å². The lowest BCUT2D eigenvalue weighted by Crippen LogP contribution is -2.19. The zero-order valence-electron chi connectivity index (χ0n) is 13.4. The Morgan fingerprint density at radius 3 is 2.59 bits per heavy atom. The van der Waals surface area contributed by atoms with E-state index >= 15 is 0 Å². The van der Waals surface area contributed by atoms with E-state index in [0.29, 0.717) is 5.56 Å². The second-order valence-corrected chi connectivity index (χ2v) is 6.38. The van der Waals surface area contributed by atoms with E-state index in [9.17, 15) is 28.1 Å². The van der Waals surface area contributed by atoms with Gasteiger partial charge in [0.15, 0.2) is 5.17 Å². The summed E-state index contributed by atoms with van der Waals surface area (Å²) in [5, 5.41) is 13.2. The smallest absolute Gasteiger partial charge is 0.300 e. The van der Waals surface area contributed by atoms with E-state index in [1.165, 1.54) is 42.5 Å². The molecule has 0 atom stereocenters. The van der Waals surface area contributed by atoms with Crippen molar-refractivity contribution in [1.29, 1.82) is 0 Å². The minimum Gasteiger partial charge on any atom is -0.300 e. The number of amidine groups is 1. The Labute approximate surface area is 154 Å². The van der Waals surface area contributed by atoms with Gasteiger partial charge in [-0.2, -0.15) is 13.2 Å². The largest absolute Gasteiger partial charge is 0.418 e. The first kappa shape index (κ1) is 18.6. The molecule has 0 radical (unpaired) electrons. The summed E-state index contributed by atoms with van der Waals surface area (Å²) in [4.78, 5) is 26.3. The number of nitrogens with one attached hydrogen (secondary N) is 1. The predicted octanol–water partition coefficient (Wildman–Crippen LogP) is 4.51. The van der Waals surface area contributed by atoms with Crippen LogP contribution in [0, 0.1) is 10.1 Å². The van der Waals surface area contributed by atoms with Crippen LogP contribution in [0.5, 0.6) is 0 Å². The highest BCUT2D eigenvalue weighted by Gasteiger charge is 2.34. The molecule has 0 aromatic heterocycles. The third kappa shape index (κ3) is 4.34. The van der Waals surface area contributed by atoms with Crippen LogP contribution in [0.2, 0.25) is 0 Å². The average molecular weight is 393 g/mol. The molecule has 2 aromatic rings. The first-order chi connectivity index (χ1) is 12.7. The maximum atomic E-state index is 13.0. The summed E-state index contributed by atoms with van der Waals surface area (Å²) < 4.78 is 39.1. The number of para-hydroxylation sites is 1. The number of aliphatic imine (C=N–C) groups is 1. The molecular weight excluding hydrogens is 383 g/mol. The number of benzene rings is 2. The Hall–Kier alpha value is -3.14. The summed E-state index contributed by atoms with van der Waals surface area (Å²) in [5.74, 6) is -0.547. The summed E-state index contributed by atoms with van der Waals surface area (Å²) in [6, 6.07) is 10.4. The normalized spacial score (nSPS) is 17.4. The van der Waals surface area contributed by atoms with Gasteiger partial charge in [-0.15, -0.1) is 0 Å². The highest BCUT2D eigenvalue weighted by atomic mass is 32.2. The Kier molecular flexibility index (Phi) is 5.00. The van der Waals surface area contributed by atoms with Crippen molar-refractivity contribution in [3.05, 3.63) is 74.7 Å². The molecule has 0 bridgehead atoms. The van der Waals surface area contributed by atoms with Gasteiger partial charge in [0.05, 0.1) is 21.1 Å². The minimum atomic E-state index is -4.57. The maximum absolute atomic E-state index is 13.0. The van der Waals surface area contributed by atoms with Crippen LogP contribution >= 0.6 is 11.8 Å². The van der Waals surface area contributed by atoms with Crippen LogP contribution in [0.3, 0.4) is 0 Å². The molecule has 1 N–H and O–H groups in total. The minimum absolute atomic E-state index is 0.00613. The molecule has 1 aliphatic heterocycles. The number of non-ortho nitro benzene ring substituents is 1. The molecule has 6 nitrogen and oxygen atoms in total. The van der Waals surface area contributed by atoms with E-state index in [1.807, 2.05) is 0 Å². The molecule has 1 saturated heterocycles. The number of hydrogen-bond donors (Lipinski definition) is 1. The molecule has 3 rings (SSSR count). The van der Waals surface area contributed by atoms with Gasteiger partial charge in [-0.05, 0) is 35.5 Å². The zero-order valence-corrected chi connectivity index (χ0v) is 14.2. The number of nitro benzene ring substituents is 1. The third-order valence-electron chi connectivity index (χ3n) is 3.46. The quantitative estimate of drug-likeness (QED) is 0.473. The van der Waals surface area contributed by atoms with Crippen molar-refractivity contribution >= 4 is 40.3 Å². The highest BCUT2D eigenvalue weighted by molar-refractivity contribution is 8.18. The van der Waals surface area contributed by atoms with Crippen molar-refractivity contribution in [2.45, 2.75) is 6.18 Å². The fourth-order valence-corrected chi connectivity index (χ4v) is 3.12. The summed E-state index contributed by atoms with van der Waals surface area (Å²) in [5.41, 5.74) is -0.951. The molecule has 0 spiro atoms. The molecule has 0 aliphatic carbocycles. The van der Waals surface area contributed by atoms with E-state index in [1.54, 1.807) is 6.07 Å². The second kappa shape index (κ2) is 7.23. The van der Waals surface area contributed by atoms with Crippen LogP contribution < -0.4 is 5.32 Å². The summed E-state index contributed by atoms with van der Waals surface area (Å²) in [6.45, 7) is 0. The monoisotopic (exact) mass is 393 g/mol. The number of carbonyl (C=O) groups excluding carboxylic acids is 1. The van der Waals surface area contributed by atoms with E-state index in [4.69, 9.17) is 0 Å². The van der Waals surface area contributed by atoms with E-state index < -0.39 is 22.6 Å². The number of amides is 1. The number of carbonyl (C=O) groups is 1. The Balaban J connectivity index is 1.89. The van der Waals surface area contributed by atoms with Gasteiger partial charge in [0, 0.05) is 12.1 Å². The number of rotatable bonds is 3. The highest BCUT2D eigenvalue weighted by Crippen LogP contribution is 2.37. The molecular formula is C17H10F3N3O3S. The van der Waals surface area contributed by atoms with E-state index in [2.05, 4.69) is 10.3 Å². The van der Waals surface area contributed by atoms with Gasteiger partial charge in [-0.25, -0.2) is 4.99 Å². The Morgan fingerprint density at radius 1 is 1.15 bits per heavy atom. The molecule has 1 heterocycles. The Bertz CT molecular complexity index is 987. The van der Waals surface area contributed by atoms with Gasteiger partial charge in [0.25, 0.3) is 11.6 Å². The topological polar surface area (TPSA) is 84.6 Å². The van der Waals surface area contributed by atoms with Gasteiger partial charge >= 0.3 is 6.18 Å². The number of nitrogens with zero attached hydrogens (tertiary/aromatic N) is 2. The molecule has 0 saturated carbocycles. The molecule has 0 unspecified atom stereocenters. The van der Waals surface area contributed by atoms with Crippen LogP contribution in [0.25, 0.3) is 6.08 Å². The van der Waals surface area contributed by atoms with Crippen LogP contribution in [0.15, 0.2) is 58.4 Å². The van der Waals surface area contributed by atoms with E-state index in [-0.39, 0.29) is 21.4 Å². The number of alkyl halides is 3. The summed E-state index contributed by atoms with van der Waals surface area (Å²) in [6.07, 6.45) is -3.17. The van der Waals surface area contributed by atoms with Crippen molar-refractivity contribution in [1.82, 2.24) is 5.32 Å². The summed E-state index contributed by atoms with van der Waals surface area (Å²) in [7, 11) is 0. The van der Waals surface area contributed by atoms with Crippen molar-refractivity contribution in [3.8, 4) is 0 Å². The Morgan fingerprint density at radius 2 is 1.89 bits per heavy atom. The number of halogens is 3. The van der Waals surface area contributed by atoms with Crippen LogP contribution in [-0.4, -0.2) is 16.0 Å². The number of thioether (sulfide) groups is 1. The van der Waals surface area contributed by atoms with Gasteiger partial charge in [0.1, 0.15) is 0 Å². The summed E-state index contributed by atoms with van der Waals surface area (Å²) >= 11 is 0.855. The fourth-order valence-electron chi connectivity index (χ4n) is 2.28. The average Bonchev–Trinajstić information content (AvgIpc) is 2.94. The predicted molar refractivity (Wildman–Crippen MR) is 95.3 cm³/mol. The maximum Gasteiger partial charge on any atom is 0.418 e. The number of hydrogen-bond acceptors (Lipinski definition) is 5. The lowest BCUT2D eigenvalue weighted by molar-refractivity contribution is -0.384. The van der Waals surface area contributed by atoms with Gasteiger partial charge < -0.3 is 5.32 Å². The van der Waals surface area contributed by atoms with E-state index in [0.717, 1.165) is 17.8 Å². The van der Waals surface area contributed by atoms with Crippen LogP contribution in [0.1, 0.15) is 11.1 Å². The molecule has 1 aliphatic rings. The van der Waals surface area contributed by atoms with Gasteiger partial charge in [0.2, 0.25) is 0 Å². The molecule has 1 amide bonds. The molecule has 138 valence electrons. The lowest BCUT2D eigenvalue weighted by atomic mass is 10.2. The second-order valence-electron chi connectivity index (χ2n) is 5.35. The standard InChI is InChI=1S/C17H10F3N3O3S/c18-17(19,20)12-6-1-2-7-13(12)21-16-22-15(24)14(27-16)9-10-4-3-5-11(8-10)23(25)26/h1-9H,(H,21,22,24)/b14-9-. The lowest BCUT2D eigenvalue weighted by Gasteiger charge is -2.09. The van der Waals surface area contributed by atoms with Crippen molar-refractivity contribution < 1.29 is 22.9 Å². The van der Waals surface area contributed by atoms with Gasteiger partial charge in [-0.1, -0.05) is 24.3 Å². The van der Waals surface area contributed by atoms with Crippen molar-refractivity contribution in [2.24, 2.45) is 4.99 Å². The number of nitro groups is 1. The molecule has 2 aromatic carbocycles. The zero-order chi connectivity index (χ0) is 19.6. The van der Waals surface area contributed by atoms with Crippen molar-refractivity contribution in [3.63, 3.8) is 0 Å². The first-order valence-corrected chi connectivity index (χ1v) is 8.26. The first-order valence-electron chi connectivity index (χ1n) is 7.44.